The van der Waals surface area contributed by atoms with Crippen molar-refractivity contribution in [3.8, 4) is 0 Å². The standard InChI is InChI=1S/C18H25BF3NO3/c1-6-23(13-10-8-7-9-11-13)15(24)12-14(18(20,21)22)19-25-16(2,3)17(4,5)26-19/h7-11,14H,6,12H2,1-5H3. The highest BCUT2D eigenvalue weighted by molar-refractivity contribution is 6.48. The van der Waals surface area contributed by atoms with Crippen LogP contribution < -0.4 is 4.90 Å². The number of halogens is 3. The van der Waals surface area contributed by atoms with Crippen LogP contribution in [0.1, 0.15) is 41.0 Å². The first-order valence-corrected chi connectivity index (χ1v) is 8.67. The molecule has 1 aromatic rings. The zero-order chi connectivity index (χ0) is 19.8. The Bertz CT molecular complexity index is 618. The summed E-state index contributed by atoms with van der Waals surface area (Å²) in [7, 11) is -1.52. The van der Waals surface area contributed by atoms with Crippen molar-refractivity contribution in [1.82, 2.24) is 0 Å². The Kier molecular flexibility index (Phi) is 5.78. The minimum Gasteiger partial charge on any atom is -0.403 e. The van der Waals surface area contributed by atoms with Gasteiger partial charge >= 0.3 is 13.3 Å². The molecule has 26 heavy (non-hydrogen) atoms. The van der Waals surface area contributed by atoms with E-state index < -0.39 is 42.6 Å². The van der Waals surface area contributed by atoms with E-state index in [0.717, 1.165) is 0 Å². The van der Waals surface area contributed by atoms with Crippen LogP contribution in [0.4, 0.5) is 18.9 Å². The van der Waals surface area contributed by atoms with Gasteiger partial charge in [-0.25, -0.2) is 0 Å². The van der Waals surface area contributed by atoms with E-state index in [1.54, 1.807) is 65.0 Å². The highest BCUT2D eigenvalue weighted by Crippen LogP contribution is 2.46. The summed E-state index contributed by atoms with van der Waals surface area (Å²) in [5.74, 6) is -2.65. The SMILES string of the molecule is CCN(C(=O)CC(B1OC(C)(C)C(C)(C)O1)C(F)(F)F)c1ccccc1. The summed E-state index contributed by atoms with van der Waals surface area (Å²) in [6.45, 7) is 8.74. The summed E-state index contributed by atoms with van der Waals surface area (Å²) in [6, 6.07) is 8.64. The van der Waals surface area contributed by atoms with Crippen molar-refractivity contribution < 1.29 is 27.3 Å². The molecule has 1 saturated heterocycles. The van der Waals surface area contributed by atoms with Gasteiger partial charge in [0.15, 0.2) is 0 Å². The van der Waals surface area contributed by atoms with Gasteiger partial charge in [-0.05, 0) is 46.8 Å². The smallest absolute Gasteiger partial charge is 0.403 e. The third kappa shape index (κ3) is 4.23. The molecular weight excluding hydrogens is 346 g/mol. The van der Waals surface area contributed by atoms with Crippen molar-refractivity contribution in [1.29, 1.82) is 0 Å². The third-order valence-electron chi connectivity index (χ3n) is 5.10. The number of anilines is 1. The van der Waals surface area contributed by atoms with E-state index in [4.69, 9.17) is 9.31 Å². The van der Waals surface area contributed by atoms with E-state index in [0.29, 0.717) is 5.69 Å². The van der Waals surface area contributed by atoms with E-state index in [9.17, 15) is 18.0 Å². The van der Waals surface area contributed by atoms with Crippen molar-refractivity contribution >= 4 is 18.7 Å². The van der Waals surface area contributed by atoms with Gasteiger partial charge < -0.3 is 14.2 Å². The lowest BCUT2D eigenvalue weighted by atomic mass is 9.69. The number of amides is 1. The van der Waals surface area contributed by atoms with Gasteiger partial charge in [-0.15, -0.1) is 0 Å². The molecule has 0 aliphatic carbocycles. The topological polar surface area (TPSA) is 38.8 Å². The fraction of sp³-hybridized carbons (Fsp3) is 0.611. The van der Waals surface area contributed by atoms with Gasteiger partial charge in [-0.1, -0.05) is 18.2 Å². The highest BCUT2D eigenvalue weighted by atomic mass is 19.4. The van der Waals surface area contributed by atoms with Crippen LogP contribution in [-0.4, -0.2) is 36.9 Å². The van der Waals surface area contributed by atoms with Crippen molar-refractivity contribution in [3.05, 3.63) is 30.3 Å². The predicted octanol–water partition coefficient (Wildman–Crippen LogP) is 4.45. The largest absolute Gasteiger partial charge is 0.471 e. The Balaban J connectivity index is 2.23. The summed E-state index contributed by atoms with van der Waals surface area (Å²) in [6.07, 6.45) is -5.35. The molecule has 1 aliphatic heterocycles. The van der Waals surface area contributed by atoms with Crippen LogP contribution in [-0.2, 0) is 14.1 Å². The average Bonchev–Trinajstić information content (AvgIpc) is 2.73. The van der Waals surface area contributed by atoms with Crippen molar-refractivity contribution in [2.45, 2.75) is 64.2 Å². The molecule has 0 aromatic heterocycles. The fourth-order valence-corrected chi connectivity index (χ4v) is 2.83. The minimum atomic E-state index is -4.62. The molecule has 0 N–H and O–H groups in total. The van der Waals surface area contributed by atoms with Crippen LogP contribution in [0, 0.1) is 0 Å². The molecule has 2 rings (SSSR count). The monoisotopic (exact) mass is 371 g/mol. The summed E-state index contributed by atoms with van der Waals surface area (Å²) >= 11 is 0. The number of hydrogen-bond donors (Lipinski definition) is 0. The van der Waals surface area contributed by atoms with Crippen LogP contribution in [0.2, 0.25) is 5.82 Å². The number of benzene rings is 1. The maximum Gasteiger partial charge on any atom is 0.471 e. The van der Waals surface area contributed by atoms with Crippen LogP contribution in [0.3, 0.4) is 0 Å². The number of nitrogens with zero attached hydrogens (tertiary/aromatic N) is 1. The zero-order valence-electron chi connectivity index (χ0n) is 15.8. The maximum absolute atomic E-state index is 13.7. The van der Waals surface area contributed by atoms with Gasteiger partial charge in [-0.2, -0.15) is 13.2 Å². The molecule has 0 spiro atoms. The first-order chi connectivity index (χ1) is 11.9. The van der Waals surface area contributed by atoms with Crippen LogP contribution >= 0.6 is 0 Å². The molecule has 1 fully saturated rings. The predicted molar refractivity (Wildman–Crippen MR) is 95.0 cm³/mol. The normalized spacial score (nSPS) is 20.1. The zero-order valence-corrected chi connectivity index (χ0v) is 15.8. The van der Waals surface area contributed by atoms with Crippen molar-refractivity contribution in [3.63, 3.8) is 0 Å². The first kappa shape index (κ1) is 20.8. The number of para-hydroxylation sites is 1. The van der Waals surface area contributed by atoms with E-state index in [2.05, 4.69) is 0 Å². The molecule has 1 atom stereocenters. The quantitative estimate of drug-likeness (QED) is 0.718. The number of hydrogen-bond acceptors (Lipinski definition) is 3. The van der Waals surface area contributed by atoms with Gasteiger partial charge in [-0.3, -0.25) is 4.79 Å². The van der Waals surface area contributed by atoms with E-state index in [1.807, 2.05) is 0 Å². The molecule has 0 radical (unpaired) electrons. The fourth-order valence-electron chi connectivity index (χ4n) is 2.83. The molecule has 1 heterocycles. The van der Waals surface area contributed by atoms with Crippen LogP contribution in [0.5, 0.6) is 0 Å². The Morgan fingerprint density at radius 3 is 2.04 bits per heavy atom. The van der Waals surface area contributed by atoms with Crippen LogP contribution in [0.15, 0.2) is 30.3 Å². The first-order valence-electron chi connectivity index (χ1n) is 8.67. The summed E-state index contributed by atoms with van der Waals surface area (Å²) in [5, 5.41) is 0. The number of alkyl halides is 3. The van der Waals surface area contributed by atoms with Gasteiger partial charge in [0, 0.05) is 18.7 Å². The lowest BCUT2D eigenvalue weighted by Crippen LogP contribution is -2.41. The van der Waals surface area contributed by atoms with E-state index >= 15 is 0 Å². The summed E-state index contributed by atoms with van der Waals surface area (Å²) < 4.78 is 52.1. The highest BCUT2D eigenvalue weighted by Gasteiger charge is 2.60. The second kappa shape index (κ2) is 7.23. The number of rotatable bonds is 5. The van der Waals surface area contributed by atoms with E-state index in [-0.39, 0.29) is 6.54 Å². The van der Waals surface area contributed by atoms with Gasteiger partial charge in [0.1, 0.15) is 0 Å². The molecule has 4 nitrogen and oxygen atoms in total. The maximum atomic E-state index is 13.7. The molecule has 0 bridgehead atoms. The molecule has 1 amide bonds. The van der Waals surface area contributed by atoms with Crippen molar-refractivity contribution in [2.75, 3.05) is 11.4 Å². The number of carbonyl (C=O) groups is 1. The molecular formula is C18H25BF3NO3. The molecule has 144 valence electrons. The minimum absolute atomic E-state index is 0.275. The second-order valence-electron chi connectivity index (χ2n) is 7.45. The number of carbonyl (C=O) groups excluding carboxylic acids is 1. The lowest BCUT2D eigenvalue weighted by Gasteiger charge is -2.32. The van der Waals surface area contributed by atoms with Gasteiger partial charge in [0.05, 0.1) is 17.0 Å². The summed E-state index contributed by atoms with van der Waals surface area (Å²) in [5.41, 5.74) is -1.22. The average molecular weight is 371 g/mol. The summed E-state index contributed by atoms with van der Waals surface area (Å²) in [4.78, 5) is 14.0. The molecule has 0 saturated carbocycles. The lowest BCUT2D eigenvalue weighted by molar-refractivity contribution is -0.147. The molecule has 8 heteroatoms. The molecule has 1 unspecified atom stereocenters. The molecule has 1 aliphatic rings. The van der Waals surface area contributed by atoms with Gasteiger partial charge in [0.2, 0.25) is 5.91 Å². The van der Waals surface area contributed by atoms with Crippen molar-refractivity contribution in [2.24, 2.45) is 0 Å². The van der Waals surface area contributed by atoms with E-state index in [1.165, 1.54) is 4.90 Å². The Labute approximate surface area is 152 Å². The van der Waals surface area contributed by atoms with Crippen LogP contribution in [0.25, 0.3) is 0 Å². The second-order valence-corrected chi connectivity index (χ2v) is 7.45. The Morgan fingerprint density at radius 2 is 1.62 bits per heavy atom. The third-order valence-corrected chi connectivity index (χ3v) is 5.10. The Morgan fingerprint density at radius 1 is 1.12 bits per heavy atom. The molecule has 1 aromatic carbocycles. The Hall–Kier alpha value is -1.54. The van der Waals surface area contributed by atoms with Gasteiger partial charge in [0.25, 0.3) is 0 Å².